The second-order valence-electron chi connectivity index (χ2n) is 9.12. The Hall–Kier alpha value is -5.04. The first-order valence-corrected chi connectivity index (χ1v) is 14.6. The van der Waals surface area contributed by atoms with Gasteiger partial charge in [0.2, 0.25) is 0 Å². The van der Waals surface area contributed by atoms with Gasteiger partial charge in [0.1, 0.15) is 22.7 Å². The van der Waals surface area contributed by atoms with Crippen LogP contribution < -0.4 is 15.0 Å². The maximum absolute atomic E-state index is 14.3. The zero-order chi connectivity index (χ0) is 30.0. The summed E-state index contributed by atoms with van der Waals surface area (Å²) in [6, 6.07) is 19.6. The van der Waals surface area contributed by atoms with Gasteiger partial charge in [0.15, 0.2) is 26.6 Å². The number of aromatic nitrogens is 4. The lowest BCUT2D eigenvalue weighted by molar-refractivity contribution is -0.150. The number of carbonyl (C=O) groups excluding carboxylic acids is 1. The van der Waals surface area contributed by atoms with Crippen LogP contribution in [0.25, 0.3) is 22.4 Å². The highest BCUT2D eigenvalue weighted by molar-refractivity contribution is 7.90. The van der Waals surface area contributed by atoms with E-state index in [1.165, 1.54) is 35.0 Å². The lowest BCUT2D eigenvalue weighted by Crippen LogP contribution is -2.26. The van der Waals surface area contributed by atoms with Gasteiger partial charge in [-0.3, -0.25) is 4.79 Å². The molecule has 0 fully saturated rings. The third kappa shape index (κ3) is 5.72. The van der Waals surface area contributed by atoms with Crippen molar-refractivity contribution in [2.45, 2.75) is 25.0 Å². The molecule has 0 saturated heterocycles. The van der Waals surface area contributed by atoms with E-state index in [0.29, 0.717) is 11.4 Å². The molecule has 42 heavy (non-hydrogen) atoms. The van der Waals surface area contributed by atoms with Gasteiger partial charge >= 0.3 is 12.0 Å². The number of benzene rings is 3. The second kappa shape index (κ2) is 11.4. The smallest absolute Gasteiger partial charge is 0.347 e. The molecule has 0 aliphatic heterocycles. The number of halogens is 1. The van der Waals surface area contributed by atoms with Crippen LogP contribution in [0.2, 0.25) is 0 Å². The van der Waals surface area contributed by atoms with Crippen LogP contribution in [-0.4, -0.2) is 52.7 Å². The highest BCUT2D eigenvalue weighted by Crippen LogP contribution is 2.29. The fourth-order valence-electron chi connectivity index (χ4n) is 4.14. The van der Waals surface area contributed by atoms with Crippen LogP contribution in [0.1, 0.15) is 13.8 Å². The minimum atomic E-state index is -3.99. The minimum absolute atomic E-state index is 0.0551. The molecule has 0 saturated carbocycles. The number of carbonyl (C=O) groups is 1. The van der Waals surface area contributed by atoms with Crippen molar-refractivity contribution in [1.29, 1.82) is 0 Å². The van der Waals surface area contributed by atoms with Gasteiger partial charge in [0.25, 0.3) is 5.56 Å². The van der Waals surface area contributed by atoms with Crippen LogP contribution >= 0.6 is 0 Å². The van der Waals surface area contributed by atoms with Crippen LogP contribution in [0, 0.1) is 5.82 Å². The van der Waals surface area contributed by atoms with E-state index in [-0.39, 0.29) is 35.1 Å². The van der Waals surface area contributed by atoms with E-state index in [0.717, 1.165) is 16.9 Å². The van der Waals surface area contributed by atoms with Gasteiger partial charge in [0, 0.05) is 6.26 Å². The normalized spacial score (nSPS) is 12.2. The number of para-hydroxylation sites is 1. The number of nitrogens with zero attached hydrogens (tertiary/aromatic N) is 4. The second-order valence-corrected chi connectivity index (χ2v) is 11.1. The van der Waals surface area contributed by atoms with Crippen molar-refractivity contribution in [2.75, 3.05) is 12.9 Å². The molecule has 216 valence electrons. The molecule has 11 nitrogen and oxygen atoms in total. The number of fused-ring (bicyclic) bond motifs is 1. The van der Waals surface area contributed by atoms with Gasteiger partial charge in [-0.05, 0) is 68.4 Å². The highest BCUT2D eigenvalue weighted by atomic mass is 32.2. The first kappa shape index (κ1) is 28.5. The average Bonchev–Trinajstić information content (AvgIpc) is 3.35. The van der Waals surface area contributed by atoms with E-state index in [4.69, 9.17) is 14.2 Å². The van der Waals surface area contributed by atoms with Crippen molar-refractivity contribution >= 4 is 26.8 Å². The lowest BCUT2D eigenvalue weighted by atomic mass is 10.3. The van der Waals surface area contributed by atoms with Crippen molar-refractivity contribution in [3.8, 4) is 28.9 Å². The van der Waals surface area contributed by atoms with E-state index in [2.05, 4.69) is 10.1 Å². The van der Waals surface area contributed by atoms with E-state index >= 15 is 0 Å². The summed E-state index contributed by atoms with van der Waals surface area (Å²) in [7, 11) is -3.99. The first-order chi connectivity index (χ1) is 20.1. The zero-order valence-corrected chi connectivity index (χ0v) is 23.5. The molecule has 0 radical (unpaired) electrons. The van der Waals surface area contributed by atoms with E-state index in [9.17, 15) is 22.4 Å². The Bertz CT molecular complexity index is 1940. The Morgan fingerprint density at radius 1 is 0.976 bits per heavy atom. The first-order valence-electron chi connectivity index (χ1n) is 12.7. The van der Waals surface area contributed by atoms with Gasteiger partial charge in [-0.25, -0.2) is 26.9 Å². The Balaban J connectivity index is 1.67. The summed E-state index contributed by atoms with van der Waals surface area (Å²) in [6.07, 6.45) is 0.0914. The maximum atomic E-state index is 14.3. The van der Waals surface area contributed by atoms with Crippen molar-refractivity contribution < 1.29 is 31.8 Å². The minimum Gasteiger partial charge on any atom is -0.479 e. The predicted molar refractivity (Wildman–Crippen MR) is 151 cm³/mol. The molecule has 5 aromatic rings. The Labute approximate surface area is 239 Å². The molecular formula is C29H25FN4O7S. The summed E-state index contributed by atoms with van der Waals surface area (Å²) >= 11 is 0. The molecule has 13 heteroatoms. The van der Waals surface area contributed by atoms with Crippen LogP contribution in [0.3, 0.4) is 0 Å². The molecule has 0 spiro atoms. The largest absolute Gasteiger partial charge is 0.479 e. The third-order valence-corrected chi connectivity index (χ3v) is 7.01. The average molecular weight is 593 g/mol. The zero-order valence-electron chi connectivity index (χ0n) is 22.7. The standard InChI is InChI=1S/C29H25FN4O7S/c1-4-39-28(36)18(2)40-22-13-15-23(16-14-22)41-29-31-25-24(27(35)33(29)21-12-8-9-19(30)17-21)26(42(3,37)38)32-34(25)20-10-6-5-7-11-20/h5-18H,4H2,1-3H3. The van der Waals surface area contributed by atoms with Gasteiger partial charge in [-0.1, -0.05) is 24.3 Å². The summed E-state index contributed by atoms with van der Waals surface area (Å²) in [4.78, 5) is 30.4. The van der Waals surface area contributed by atoms with Crippen LogP contribution in [0.5, 0.6) is 17.5 Å². The molecule has 1 atom stereocenters. The van der Waals surface area contributed by atoms with Crippen LogP contribution in [0.4, 0.5) is 4.39 Å². The van der Waals surface area contributed by atoms with Crippen LogP contribution in [0.15, 0.2) is 88.7 Å². The van der Waals surface area contributed by atoms with Gasteiger partial charge < -0.3 is 14.2 Å². The number of rotatable bonds is 9. The molecule has 0 aliphatic rings. The van der Waals surface area contributed by atoms with Crippen molar-refractivity contribution in [3.05, 3.63) is 95.0 Å². The highest BCUT2D eigenvalue weighted by Gasteiger charge is 2.28. The van der Waals surface area contributed by atoms with Gasteiger partial charge in [0.05, 0.1) is 18.0 Å². The fraction of sp³-hybridized carbons (Fsp3) is 0.172. The summed E-state index contributed by atoms with van der Waals surface area (Å²) in [6.45, 7) is 3.47. The number of hydrogen-bond donors (Lipinski definition) is 0. The number of hydrogen-bond acceptors (Lipinski definition) is 9. The van der Waals surface area contributed by atoms with Crippen molar-refractivity contribution in [1.82, 2.24) is 19.3 Å². The maximum Gasteiger partial charge on any atom is 0.347 e. The third-order valence-electron chi connectivity index (χ3n) is 6.02. The molecule has 3 aromatic carbocycles. The van der Waals surface area contributed by atoms with Gasteiger partial charge in [-0.15, -0.1) is 0 Å². The number of sulfone groups is 1. The lowest BCUT2D eigenvalue weighted by Gasteiger charge is -2.15. The number of ether oxygens (including phenoxy) is 3. The molecule has 2 heterocycles. The molecule has 0 N–H and O–H groups in total. The monoisotopic (exact) mass is 592 g/mol. The fourth-order valence-corrected chi connectivity index (χ4v) is 4.92. The molecule has 5 rings (SSSR count). The van der Waals surface area contributed by atoms with E-state index in [1.807, 2.05) is 0 Å². The SMILES string of the molecule is CCOC(=O)C(C)Oc1ccc(Oc2nc3c(c(S(C)(=O)=O)nn3-c3ccccc3)c(=O)n2-c2cccc(F)c2)cc1. The molecule has 0 bridgehead atoms. The Morgan fingerprint density at radius 3 is 2.29 bits per heavy atom. The Kier molecular flexibility index (Phi) is 7.77. The van der Waals surface area contributed by atoms with E-state index in [1.54, 1.807) is 56.3 Å². The van der Waals surface area contributed by atoms with Crippen LogP contribution in [-0.2, 0) is 19.4 Å². The predicted octanol–water partition coefficient (Wildman–Crippen LogP) is 4.24. The summed E-state index contributed by atoms with van der Waals surface area (Å²) in [5.41, 5.74) is -0.389. The molecular weight excluding hydrogens is 567 g/mol. The van der Waals surface area contributed by atoms with Crippen molar-refractivity contribution in [2.24, 2.45) is 0 Å². The van der Waals surface area contributed by atoms with Crippen molar-refractivity contribution in [3.63, 3.8) is 0 Å². The topological polar surface area (TPSA) is 132 Å². The quantitative estimate of drug-likeness (QED) is 0.231. The summed E-state index contributed by atoms with van der Waals surface area (Å²) in [5, 5.41) is 3.47. The van der Waals surface area contributed by atoms with Gasteiger partial charge in [-0.2, -0.15) is 10.1 Å². The number of esters is 1. The molecule has 1 unspecified atom stereocenters. The molecule has 0 amide bonds. The summed E-state index contributed by atoms with van der Waals surface area (Å²) in [5.74, 6) is -0.575. The molecule has 2 aromatic heterocycles. The Morgan fingerprint density at radius 2 is 1.64 bits per heavy atom. The van der Waals surface area contributed by atoms with E-state index < -0.39 is 38.3 Å². The molecule has 0 aliphatic carbocycles. The summed E-state index contributed by atoms with van der Waals surface area (Å²) < 4.78 is 58.5.